The first-order valence-electron chi connectivity index (χ1n) is 8.10. The van der Waals surface area contributed by atoms with Crippen molar-refractivity contribution in [3.05, 3.63) is 102 Å². The molecule has 0 bridgehead atoms. The molecule has 0 aliphatic rings. The van der Waals surface area contributed by atoms with E-state index < -0.39 is 0 Å². The Morgan fingerprint density at radius 3 is 1.78 bits per heavy atom. The standard InChI is InChI=1S/C22H22O/c1-23-22-15-9-8-14-20(22)16-17-21(18-10-4-2-5-11-18)19-12-6-3-7-13-19/h2-15,21H,16-17H2,1H3. The summed E-state index contributed by atoms with van der Waals surface area (Å²) in [5, 5.41) is 0. The van der Waals surface area contributed by atoms with Crippen molar-refractivity contribution in [2.75, 3.05) is 7.11 Å². The van der Waals surface area contributed by atoms with Crippen LogP contribution >= 0.6 is 0 Å². The van der Waals surface area contributed by atoms with E-state index in [4.69, 9.17) is 4.74 Å². The Bertz CT molecular complexity index is 680. The molecule has 0 spiro atoms. The molecule has 0 aromatic heterocycles. The molecule has 3 aromatic rings. The molecule has 0 N–H and O–H groups in total. The molecule has 3 aromatic carbocycles. The maximum absolute atomic E-state index is 5.49. The molecule has 0 fully saturated rings. The third-order valence-electron chi connectivity index (χ3n) is 4.30. The lowest BCUT2D eigenvalue weighted by atomic mass is 9.86. The Kier molecular flexibility index (Phi) is 5.10. The van der Waals surface area contributed by atoms with Crippen LogP contribution in [0.3, 0.4) is 0 Å². The minimum absolute atomic E-state index is 0.405. The van der Waals surface area contributed by atoms with E-state index in [2.05, 4.69) is 72.8 Å². The van der Waals surface area contributed by atoms with Crippen molar-refractivity contribution in [1.82, 2.24) is 0 Å². The van der Waals surface area contributed by atoms with Gasteiger partial charge in [0.05, 0.1) is 7.11 Å². The van der Waals surface area contributed by atoms with Crippen molar-refractivity contribution < 1.29 is 4.74 Å². The van der Waals surface area contributed by atoms with Crippen molar-refractivity contribution >= 4 is 0 Å². The average Bonchev–Trinajstić information content (AvgIpc) is 2.64. The van der Waals surface area contributed by atoms with Crippen LogP contribution in [-0.2, 0) is 6.42 Å². The first kappa shape index (κ1) is 15.4. The van der Waals surface area contributed by atoms with Gasteiger partial charge in [-0.25, -0.2) is 0 Å². The Balaban J connectivity index is 1.85. The lowest BCUT2D eigenvalue weighted by Crippen LogP contribution is -2.03. The predicted octanol–water partition coefficient (Wildman–Crippen LogP) is 5.46. The molecular weight excluding hydrogens is 280 g/mol. The van der Waals surface area contributed by atoms with E-state index in [1.807, 2.05) is 12.1 Å². The third-order valence-corrected chi connectivity index (χ3v) is 4.30. The highest BCUT2D eigenvalue weighted by atomic mass is 16.5. The van der Waals surface area contributed by atoms with Crippen LogP contribution in [0.1, 0.15) is 29.0 Å². The summed E-state index contributed by atoms with van der Waals surface area (Å²) in [6.45, 7) is 0. The Morgan fingerprint density at radius 1 is 0.696 bits per heavy atom. The summed E-state index contributed by atoms with van der Waals surface area (Å²) >= 11 is 0. The Labute approximate surface area is 138 Å². The first-order chi connectivity index (χ1) is 11.4. The van der Waals surface area contributed by atoms with Gasteiger partial charge in [0.15, 0.2) is 0 Å². The third kappa shape index (κ3) is 3.81. The van der Waals surface area contributed by atoms with Gasteiger partial charge in [-0.2, -0.15) is 0 Å². The van der Waals surface area contributed by atoms with Crippen molar-refractivity contribution in [3.8, 4) is 5.75 Å². The van der Waals surface area contributed by atoms with Gasteiger partial charge in [0, 0.05) is 5.92 Å². The largest absolute Gasteiger partial charge is 0.496 e. The van der Waals surface area contributed by atoms with Gasteiger partial charge in [-0.15, -0.1) is 0 Å². The molecule has 3 rings (SSSR count). The summed E-state index contributed by atoms with van der Waals surface area (Å²) in [6.07, 6.45) is 2.06. The number of benzene rings is 3. The molecule has 0 radical (unpaired) electrons. The summed E-state index contributed by atoms with van der Waals surface area (Å²) in [5.74, 6) is 1.38. The van der Waals surface area contributed by atoms with Gasteiger partial charge in [0.25, 0.3) is 0 Å². The van der Waals surface area contributed by atoms with E-state index in [1.165, 1.54) is 16.7 Å². The van der Waals surface area contributed by atoms with Gasteiger partial charge in [-0.05, 0) is 35.6 Å². The van der Waals surface area contributed by atoms with E-state index in [1.54, 1.807) is 7.11 Å². The highest BCUT2D eigenvalue weighted by Gasteiger charge is 2.14. The molecular formula is C22H22O. The van der Waals surface area contributed by atoms with Crippen molar-refractivity contribution in [2.24, 2.45) is 0 Å². The maximum atomic E-state index is 5.49. The van der Waals surface area contributed by atoms with Gasteiger partial charge in [0.1, 0.15) is 5.75 Å². The van der Waals surface area contributed by atoms with E-state index in [0.29, 0.717) is 5.92 Å². The van der Waals surface area contributed by atoms with Gasteiger partial charge in [-0.3, -0.25) is 0 Å². The number of methoxy groups -OCH3 is 1. The highest BCUT2D eigenvalue weighted by molar-refractivity contribution is 5.36. The van der Waals surface area contributed by atoms with Crippen LogP contribution in [0.5, 0.6) is 5.75 Å². The topological polar surface area (TPSA) is 9.23 Å². The number of para-hydroxylation sites is 1. The minimum Gasteiger partial charge on any atom is -0.496 e. The fourth-order valence-corrected chi connectivity index (χ4v) is 3.11. The zero-order chi connectivity index (χ0) is 15.9. The number of rotatable bonds is 6. The van der Waals surface area contributed by atoms with E-state index in [-0.39, 0.29) is 0 Å². The van der Waals surface area contributed by atoms with Crippen LogP contribution in [0.25, 0.3) is 0 Å². The van der Waals surface area contributed by atoms with Crippen LogP contribution in [0.2, 0.25) is 0 Å². The monoisotopic (exact) mass is 302 g/mol. The molecule has 1 heteroatoms. The molecule has 0 amide bonds. The SMILES string of the molecule is COc1ccccc1CCC(c1ccccc1)c1ccccc1. The Morgan fingerprint density at radius 2 is 1.22 bits per heavy atom. The van der Waals surface area contributed by atoms with E-state index >= 15 is 0 Å². The van der Waals surface area contributed by atoms with Gasteiger partial charge < -0.3 is 4.74 Å². The second kappa shape index (κ2) is 7.64. The summed E-state index contributed by atoms with van der Waals surface area (Å²) in [7, 11) is 1.74. The molecule has 0 atom stereocenters. The molecule has 0 saturated carbocycles. The lowest BCUT2D eigenvalue weighted by molar-refractivity contribution is 0.408. The van der Waals surface area contributed by atoms with E-state index in [0.717, 1.165) is 18.6 Å². The number of hydrogen-bond donors (Lipinski definition) is 0. The zero-order valence-electron chi connectivity index (χ0n) is 13.5. The van der Waals surface area contributed by atoms with Crippen molar-refractivity contribution in [1.29, 1.82) is 0 Å². The molecule has 0 aliphatic carbocycles. The van der Waals surface area contributed by atoms with Gasteiger partial charge in [-0.1, -0.05) is 78.9 Å². The normalized spacial score (nSPS) is 10.7. The molecule has 23 heavy (non-hydrogen) atoms. The fourth-order valence-electron chi connectivity index (χ4n) is 3.11. The van der Waals surface area contributed by atoms with Crippen LogP contribution in [0.15, 0.2) is 84.9 Å². The van der Waals surface area contributed by atoms with Crippen LogP contribution in [0.4, 0.5) is 0 Å². The zero-order valence-corrected chi connectivity index (χ0v) is 13.5. The lowest BCUT2D eigenvalue weighted by Gasteiger charge is -2.19. The minimum atomic E-state index is 0.405. The highest BCUT2D eigenvalue weighted by Crippen LogP contribution is 2.30. The summed E-state index contributed by atoms with van der Waals surface area (Å²) in [6, 6.07) is 29.8. The van der Waals surface area contributed by atoms with E-state index in [9.17, 15) is 0 Å². The second-order valence-electron chi connectivity index (χ2n) is 5.72. The molecule has 1 nitrogen and oxygen atoms in total. The Hall–Kier alpha value is -2.54. The van der Waals surface area contributed by atoms with Gasteiger partial charge in [0.2, 0.25) is 0 Å². The van der Waals surface area contributed by atoms with Crippen LogP contribution in [0, 0.1) is 0 Å². The van der Waals surface area contributed by atoms with Crippen LogP contribution in [-0.4, -0.2) is 7.11 Å². The van der Waals surface area contributed by atoms with Crippen molar-refractivity contribution in [2.45, 2.75) is 18.8 Å². The summed E-state index contributed by atoms with van der Waals surface area (Å²) in [5.41, 5.74) is 4.01. The average molecular weight is 302 g/mol. The second-order valence-corrected chi connectivity index (χ2v) is 5.72. The first-order valence-corrected chi connectivity index (χ1v) is 8.10. The number of aryl methyl sites for hydroxylation is 1. The van der Waals surface area contributed by atoms with Crippen molar-refractivity contribution in [3.63, 3.8) is 0 Å². The molecule has 0 saturated heterocycles. The quantitative estimate of drug-likeness (QED) is 0.587. The van der Waals surface area contributed by atoms with Crippen LogP contribution < -0.4 is 4.74 Å². The summed E-state index contributed by atoms with van der Waals surface area (Å²) < 4.78 is 5.49. The molecule has 0 unspecified atom stereocenters. The number of ether oxygens (including phenoxy) is 1. The fraction of sp³-hybridized carbons (Fsp3) is 0.182. The van der Waals surface area contributed by atoms with Gasteiger partial charge >= 0.3 is 0 Å². The molecule has 0 heterocycles. The molecule has 116 valence electrons. The smallest absolute Gasteiger partial charge is 0.122 e. The molecule has 0 aliphatic heterocycles. The maximum Gasteiger partial charge on any atom is 0.122 e. The number of hydrogen-bond acceptors (Lipinski definition) is 1. The predicted molar refractivity (Wildman–Crippen MR) is 96.0 cm³/mol. The summed E-state index contributed by atoms with van der Waals surface area (Å²) in [4.78, 5) is 0.